The second-order valence-electron chi connectivity index (χ2n) is 2.86. The van der Waals surface area contributed by atoms with Crippen molar-refractivity contribution >= 4 is 21.9 Å². The van der Waals surface area contributed by atoms with Gasteiger partial charge < -0.3 is 9.47 Å². The largest absolute Gasteiger partial charge is 0.468 e. The van der Waals surface area contributed by atoms with E-state index in [1.807, 2.05) is 12.1 Å². The van der Waals surface area contributed by atoms with Gasteiger partial charge in [-0.1, -0.05) is 15.9 Å². The molecule has 0 fully saturated rings. The maximum Gasteiger partial charge on any atom is 0.321 e. The Morgan fingerprint density at radius 1 is 1.53 bits per heavy atom. The molecule has 0 bridgehead atoms. The molecule has 1 aromatic rings. The number of ether oxygens (including phenoxy) is 2. The number of esters is 1. The lowest BCUT2D eigenvalue weighted by atomic mass is 10.3. The Kier molecular flexibility index (Phi) is 5.28. The minimum Gasteiger partial charge on any atom is -0.468 e. The Morgan fingerprint density at radius 3 is 2.80 bits per heavy atom. The number of aromatic nitrogens is 1. The molecule has 0 aliphatic rings. The molecule has 1 aromatic heterocycles. The zero-order chi connectivity index (χ0) is 11.1. The van der Waals surface area contributed by atoms with Crippen molar-refractivity contribution in [2.24, 2.45) is 0 Å². The van der Waals surface area contributed by atoms with Gasteiger partial charge in [0.25, 0.3) is 0 Å². The molecule has 1 unspecified atom stereocenters. The zero-order valence-corrected chi connectivity index (χ0v) is 9.94. The highest BCUT2D eigenvalue weighted by Crippen LogP contribution is 2.05. The van der Waals surface area contributed by atoms with Crippen LogP contribution in [-0.4, -0.2) is 29.5 Å². The molecule has 82 valence electrons. The first-order valence-corrected chi connectivity index (χ1v) is 5.34. The summed E-state index contributed by atoms with van der Waals surface area (Å²) >= 11 is 3.17. The third-order valence-electron chi connectivity index (χ3n) is 1.74. The van der Waals surface area contributed by atoms with Gasteiger partial charge in [-0.2, -0.15) is 0 Å². The molecule has 1 atom stereocenters. The van der Waals surface area contributed by atoms with Crippen LogP contribution >= 0.6 is 15.9 Å². The van der Waals surface area contributed by atoms with Crippen molar-refractivity contribution in [1.82, 2.24) is 4.98 Å². The SMILES string of the molecule is COC(=O)C(Br)COCc1ccncc1. The Balaban J connectivity index is 2.25. The van der Waals surface area contributed by atoms with Gasteiger partial charge in [-0.15, -0.1) is 0 Å². The van der Waals surface area contributed by atoms with E-state index in [0.717, 1.165) is 5.56 Å². The van der Waals surface area contributed by atoms with Crippen LogP contribution in [0.4, 0.5) is 0 Å². The Labute approximate surface area is 96.7 Å². The van der Waals surface area contributed by atoms with Gasteiger partial charge in [-0.25, -0.2) is 0 Å². The average Bonchev–Trinajstić information content (AvgIpc) is 2.29. The van der Waals surface area contributed by atoms with Gasteiger partial charge in [0.05, 0.1) is 20.3 Å². The summed E-state index contributed by atoms with van der Waals surface area (Å²) in [6, 6.07) is 3.72. The summed E-state index contributed by atoms with van der Waals surface area (Å²) in [6.45, 7) is 0.747. The zero-order valence-electron chi connectivity index (χ0n) is 8.35. The maximum atomic E-state index is 11.0. The van der Waals surface area contributed by atoms with E-state index in [9.17, 15) is 4.79 Å². The first-order chi connectivity index (χ1) is 7.24. The number of carbonyl (C=O) groups is 1. The number of pyridine rings is 1. The second kappa shape index (κ2) is 6.53. The van der Waals surface area contributed by atoms with Crippen molar-refractivity contribution in [3.05, 3.63) is 30.1 Å². The van der Waals surface area contributed by atoms with Crippen LogP contribution in [-0.2, 0) is 20.9 Å². The number of alkyl halides is 1. The van der Waals surface area contributed by atoms with E-state index >= 15 is 0 Å². The molecule has 0 radical (unpaired) electrons. The highest BCUT2D eigenvalue weighted by atomic mass is 79.9. The van der Waals surface area contributed by atoms with E-state index in [4.69, 9.17) is 4.74 Å². The normalized spacial score (nSPS) is 12.1. The van der Waals surface area contributed by atoms with Gasteiger partial charge in [0.15, 0.2) is 0 Å². The number of nitrogens with zero attached hydrogens (tertiary/aromatic N) is 1. The summed E-state index contributed by atoms with van der Waals surface area (Å²) in [5, 5.41) is 0. The molecule has 0 amide bonds. The third-order valence-corrected chi connectivity index (χ3v) is 2.38. The molecule has 0 aliphatic carbocycles. The molecule has 0 aliphatic heterocycles. The first-order valence-electron chi connectivity index (χ1n) is 4.42. The van der Waals surface area contributed by atoms with Crippen molar-refractivity contribution in [2.75, 3.05) is 13.7 Å². The summed E-state index contributed by atoms with van der Waals surface area (Å²) in [4.78, 5) is 14.5. The molecule has 1 rings (SSSR count). The lowest BCUT2D eigenvalue weighted by Crippen LogP contribution is -2.21. The van der Waals surface area contributed by atoms with E-state index in [0.29, 0.717) is 6.61 Å². The van der Waals surface area contributed by atoms with E-state index in [2.05, 4.69) is 25.7 Å². The van der Waals surface area contributed by atoms with E-state index < -0.39 is 4.83 Å². The summed E-state index contributed by atoms with van der Waals surface area (Å²) in [6.07, 6.45) is 3.40. The highest BCUT2D eigenvalue weighted by molar-refractivity contribution is 9.10. The standard InChI is InChI=1S/C10H12BrNO3/c1-14-10(13)9(11)7-15-6-8-2-4-12-5-3-8/h2-5,9H,6-7H2,1H3. The van der Waals surface area contributed by atoms with Crippen molar-refractivity contribution in [1.29, 1.82) is 0 Å². The predicted octanol–water partition coefficient (Wildman–Crippen LogP) is 1.53. The van der Waals surface area contributed by atoms with Crippen LogP contribution in [0.5, 0.6) is 0 Å². The van der Waals surface area contributed by atoms with Crippen molar-refractivity contribution < 1.29 is 14.3 Å². The Bertz CT molecular complexity index is 305. The van der Waals surface area contributed by atoms with E-state index in [-0.39, 0.29) is 12.6 Å². The van der Waals surface area contributed by atoms with Gasteiger partial charge in [0.1, 0.15) is 4.83 Å². The van der Waals surface area contributed by atoms with Crippen molar-refractivity contribution in [3.8, 4) is 0 Å². The van der Waals surface area contributed by atoms with Crippen LogP contribution in [0.3, 0.4) is 0 Å². The number of hydrogen-bond acceptors (Lipinski definition) is 4. The molecule has 0 aromatic carbocycles. The summed E-state index contributed by atoms with van der Waals surface area (Å²) in [5.74, 6) is -0.329. The molecule has 1 heterocycles. The predicted molar refractivity (Wildman–Crippen MR) is 58.6 cm³/mol. The van der Waals surface area contributed by atoms with Crippen molar-refractivity contribution in [2.45, 2.75) is 11.4 Å². The minimum absolute atomic E-state index is 0.287. The fourth-order valence-electron chi connectivity index (χ4n) is 0.955. The van der Waals surface area contributed by atoms with Gasteiger partial charge in [-0.05, 0) is 17.7 Å². The lowest BCUT2D eigenvalue weighted by molar-refractivity contribution is -0.141. The molecule has 15 heavy (non-hydrogen) atoms. The minimum atomic E-state index is -0.413. The van der Waals surface area contributed by atoms with Crippen LogP contribution in [0.2, 0.25) is 0 Å². The highest BCUT2D eigenvalue weighted by Gasteiger charge is 2.14. The van der Waals surface area contributed by atoms with Crippen LogP contribution in [0, 0.1) is 0 Å². The number of rotatable bonds is 5. The van der Waals surface area contributed by atoms with Gasteiger partial charge in [-0.3, -0.25) is 9.78 Å². The fraction of sp³-hybridized carbons (Fsp3) is 0.400. The molecular weight excluding hydrogens is 262 g/mol. The number of carbonyl (C=O) groups excluding carboxylic acids is 1. The Morgan fingerprint density at radius 2 is 2.20 bits per heavy atom. The lowest BCUT2D eigenvalue weighted by Gasteiger charge is -2.08. The molecule has 0 saturated carbocycles. The quantitative estimate of drug-likeness (QED) is 0.603. The molecule has 0 saturated heterocycles. The van der Waals surface area contributed by atoms with E-state index in [1.165, 1.54) is 7.11 Å². The topological polar surface area (TPSA) is 48.4 Å². The van der Waals surface area contributed by atoms with Crippen LogP contribution in [0.15, 0.2) is 24.5 Å². The van der Waals surface area contributed by atoms with E-state index in [1.54, 1.807) is 12.4 Å². The van der Waals surface area contributed by atoms with Crippen LogP contribution in [0.25, 0.3) is 0 Å². The molecule has 4 nitrogen and oxygen atoms in total. The molecule has 0 spiro atoms. The summed E-state index contributed by atoms with van der Waals surface area (Å²) in [7, 11) is 1.35. The number of methoxy groups -OCH3 is 1. The molecule has 0 N–H and O–H groups in total. The monoisotopic (exact) mass is 273 g/mol. The van der Waals surface area contributed by atoms with Gasteiger partial charge in [0.2, 0.25) is 0 Å². The fourth-order valence-corrected chi connectivity index (χ4v) is 1.33. The van der Waals surface area contributed by atoms with Gasteiger partial charge >= 0.3 is 5.97 Å². The average molecular weight is 274 g/mol. The van der Waals surface area contributed by atoms with Gasteiger partial charge in [0, 0.05) is 12.4 Å². The Hall–Kier alpha value is -0.940. The maximum absolute atomic E-state index is 11.0. The third kappa shape index (κ3) is 4.40. The number of hydrogen-bond donors (Lipinski definition) is 0. The van der Waals surface area contributed by atoms with Crippen LogP contribution in [0.1, 0.15) is 5.56 Å². The summed E-state index contributed by atoms with van der Waals surface area (Å²) in [5.41, 5.74) is 1.02. The first kappa shape index (κ1) is 12.1. The summed E-state index contributed by atoms with van der Waals surface area (Å²) < 4.78 is 9.87. The van der Waals surface area contributed by atoms with Crippen LogP contribution < -0.4 is 0 Å². The molecule has 5 heteroatoms. The smallest absolute Gasteiger partial charge is 0.321 e. The number of halogens is 1. The second-order valence-corrected chi connectivity index (χ2v) is 3.97. The van der Waals surface area contributed by atoms with Crippen molar-refractivity contribution in [3.63, 3.8) is 0 Å². The molecular formula is C10H12BrNO3.